The smallest absolute Gasteiger partial charge is 0.307 e. The van der Waals surface area contributed by atoms with Crippen LogP contribution < -0.4 is 18.9 Å². The maximum absolute atomic E-state index is 12.1. The van der Waals surface area contributed by atoms with Crippen LogP contribution in [-0.4, -0.2) is 51.6 Å². The fraction of sp³-hybridized carbons (Fsp3) is 0.542. The number of hydrogen-bond donors (Lipinski definition) is 1. The fourth-order valence-electron chi connectivity index (χ4n) is 6.50. The molecule has 0 fully saturated rings. The van der Waals surface area contributed by atoms with Crippen molar-refractivity contribution >= 4 is 18.0 Å². The summed E-state index contributed by atoms with van der Waals surface area (Å²) in [7, 11) is 6.58. The first-order valence-electron chi connectivity index (χ1n) is 20.3. The number of carboxylic acids is 1. The van der Waals surface area contributed by atoms with Gasteiger partial charge < -0.3 is 28.8 Å². The van der Waals surface area contributed by atoms with Gasteiger partial charge >= 0.3 is 11.9 Å². The first-order valence-corrected chi connectivity index (χ1v) is 20.3. The van der Waals surface area contributed by atoms with E-state index in [1.54, 1.807) is 28.4 Å². The highest BCUT2D eigenvalue weighted by Crippen LogP contribution is 2.43. The predicted molar refractivity (Wildman–Crippen MR) is 232 cm³/mol. The average molecular weight is 777 g/mol. The minimum atomic E-state index is -0.819. The summed E-state index contributed by atoms with van der Waals surface area (Å²) < 4.78 is 28.0. The number of carboxylic acid groups (broad SMARTS) is 1. The third-order valence-corrected chi connectivity index (χ3v) is 9.55. The van der Waals surface area contributed by atoms with Crippen LogP contribution in [0.3, 0.4) is 0 Å². The molecule has 0 aromatic heterocycles. The quantitative estimate of drug-likeness (QED) is 0.0573. The van der Waals surface area contributed by atoms with Gasteiger partial charge in [-0.25, -0.2) is 0 Å². The third kappa shape index (κ3) is 18.0. The molecule has 1 N–H and O–H groups in total. The number of rotatable bonds is 26. The van der Waals surface area contributed by atoms with E-state index >= 15 is 0 Å². The number of unbranched alkanes of at least 4 members (excludes halogenated alkanes) is 4. The average Bonchev–Trinajstić information content (AvgIpc) is 3.16. The second-order valence-electron chi connectivity index (χ2n) is 14.6. The lowest BCUT2D eigenvalue weighted by molar-refractivity contribution is -0.146. The molecule has 2 aromatic rings. The third-order valence-electron chi connectivity index (χ3n) is 9.55. The minimum Gasteiger partial charge on any atom is -0.496 e. The first kappa shape index (κ1) is 49.6. The Hall–Kier alpha value is -4.46. The molecule has 56 heavy (non-hydrogen) atoms. The predicted octanol–water partition coefficient (Wildman–Crippen LogP) is 12.3. The van der Waals surface area contributed by atoms with E-state index < -0.39 is 11.9 Å². The number of hydrogen-bond acceptors (Lipinski definition) is 7. The molecule has 312 valence electrons. The van der Waals surface area contributed by atoms with Crippen LogP contribution in [0.4, 0.5) is 0 Å². The van der Waals surface area contributed by atoms with E-state index in [-0.39, 0.29) is 18.0 Å². The number of aliphatic carboxylic acids is 1. The topological polar surface area (TPSA) is 101 Å². The summed E-state index contributed by atoms with van der Waals surface area (Å²) in [6.45, 7) is 19.8. The van der Waals surface area contributed by atoms with Crippen LogP contribution in [-0.2, 0) is 27.2 Å². The molecule has 0 spiro atoms. The molecule has 0 aliphatic carbocycles. The number of carbonyl (C=O) groups excluding carboxylic acids is 1. The number of esters is 1. The van der Waals surface area contributed by atoms with E-state index in [9.17, 15) is 14.7 Å². The summed E-state index contributed by atoms with van der Waals surface area (Å²) in [6.07, 6.45) is 19.4. The normalized spacial score (nSPS) is 12.7. The van der Waals surface area contributed by atoms with E-state index in [0.717, 1.165) is 77.9 Å². The van der Waals surface area contributed by atoms with Crippen molar-refractivity contribution < 1.29 is 38.4 Å². The lowest BCUT2D eigenvalue weighted by atomic mass is 9.80. The van der Waals surface area contributed by atoms with E-state index in [2.05, 4.69) is 39.1 Å². The second kappa shape index (κ2) is 28.0. The summed E-state index contributed by atoms with van der Waals surface area (Å²) in [5, 5.41) is 9.92. The van der Waals surface area contributed by atoms with Crippen molar-refractivity contribution in [2.45, 2.75) is 137 Å². The van der Waals surface area contributed by atoms with E-state index in [4.69, 9.17) is 23.7 Å². The van der Waals surface area contributed by atoms with Gasteiger partial charge in [-0.2, -0.15) is 0 Å². The van der Waals surface area contributed by atoms with Gasteiger partial charge in [-0.15, -0.1) is 13.2 Å². The fourth-order valence-corrected chi connectivity index (χ4v) is 6.50. The van der Waals surface area contributed by atoms with Gasteiger partial charge in [-0.05, 0) is 127 Å². The van der Waals surface area contributed by atoms with Crippen LogP contribution in [0.1, 0.15) is 140 Å². The summed E-state index contributed by atoms with van der Waals surface area (Å²) in [4.78, 5) is 24.0. The molecule has 0 saturated carbocycles. The van der Waals surface area contributed by atoms with Gasteiger partial charge in [0.05, 0.1) is 39.9 Å². The molecule has 0 heterocycles. The standard InChI is InChI=1S/2C24H36O4/c1-7-8-9-12-20-16-22(26-5)21(23(17-20)27-6)15-14-19(4)28-24(25)13-10-11-18(2)3;1-7-9-10-12-18-15-21(27-5)23(22(16-18)28-6)19(11-8-2)20(24(25)26)14-13-17(3)4/h14-17,19H,2,7-13H2,1,3-6H3;8,11,15-16,19-20H,3,7,9-10,12-14H2,1-2,4-6H3,(H,25,26)/b15-14+;11-8+/t19-;19-,20-/m01/s1. The molecule has 0 radical (unpaired) electrons. The van der Waals surface area contributed by atoms with Gasteiger partial charge in [0.2, 0.25) is 0 Å². The molecule has 0 aliphatic heterocycles. The Kier molecular flexibility index (Phi) is 24.8. The number of aryl methyl sites for hydroxylation is 2. The minimum absolute atomic E-state index is 0.191. The molecular formula is C48H72O8. The maximum atomic E-state index is 12.1. The van der Waals surface area contributed by atoms with Crippen LogP contribution in [0.25, 0.3) is 6.08 Å². The molecule has 8 nitrogen and oxygen atoms in total. The highest BCUT2D eigenvalue weighted by atomic mass is 16.5. The van der Waals surface area contributed by atoms with Crippen LogP contribution in [0.15, 0.2) is 66.8 Å². The van der Waals surface area contributed by atoms with Crippen LogP contribution in [0.5, 0.6) is 23.0 Å². The Bertz CT molecular complexity index is 1520. The zero-order valence-corrected chi connectivity index (χ0v) is 36.3. The second-order valence-corrected chi connectivity index (χ2v) is 14.6. The van der Waals surface area contributed by atoms with Gasteiger partial charge in [-0.1, -0.05) is 62.8 Å². The van der Waals surface area contributed by atoms with Crippen molar-refractivity contribution in [1.29, 1.82) is 0 Å². The largest absolute Gasteiger partial charge is 0.496 e. The van der Waals surface area contributed by atoms with E-state index in [1.165, 1.54) is 31.2 Å². The maximum Gasteiger partial charge on any atom is 0.307 e. The lowest BCUT2D eigenvalue weighted by Gasteiger charge is -2.26. The Morgan fingerprint density at radius 1 is 0.714 bits per heavy atom. The monoisotopic (exact) mass is 777 g/mol. The number of benzene rings is 2. The van der Waals surface area contributed by atoms with Crippen molar-refractivity contribution in [2.24, 2.45) is 5.92 Å². The summed E-state index contributed by atoms with van der Waals surface area (Å²) >= 11 is 0. The Labute approximate surface area is 339 Å². The van der Waals surface area contributed by atoms with Crippen molar-refractivity contribution in [1.82, 2.24) is 0 Å². The molecule has 3 atom stereocenters. The summed E-state index contributed by atoms with van der Waals surface area (Å²) in [6, 6.07) is 8.18. The zero-order chi connectivity index (χ0) is 42.0. The highest BCUT2D eigenvalue weighted by molar-refractivity contribution is 5.73. The molecule has 0 bridgehead atoms. The summed E-state index contributed by atoms with van der Waals surface area (Å²) in [5.74, 6) is 0.984. The molecule has 0 aliphatic rings. The van der Waals surface area contributed by atoms with Gasteiger partial charge in [-0.3, -0.25) is 9.59 Å². The van der Waals surface area contributed by atoms with Gasteiger partial charge in [0.25, 0.3) is 0 Å². The molecule has 0 unspecified atom stereocenters. The van der Waals surface area contributed by atoms with Crippen LogP contribution in [0.2, 0.25) is 0 Å². The summed E-state index contributed by atoms with van der Waals surface area (Å²) in [5.41, 5.74) is 6.08. The van der Waals surface area contributed by atoms with E-state index in [1.807, 2.05) is 64.1 Å². The number of ether oxygens (including phenoxy) is 5. The van der Waals surface area contributed by atoms with Gasteiger partial charge in [0.15, 0.2) is 0 Å². The highest BCUT2D eigenvalue weighted by Gasteiger charge is 2.32. The van der Waals surface area contributed by atoms with Crippen molar-refractivity contribution in [2.75, 3.05) is 28.4 Å². The Balaban J connectivity index is 0.000000560. The lowest BCUT2D eigenvalue weighted by Crippen LogP contribution is -2.22. The molecular weight excluding hydrogens is 705 g/mol. The Morgan fingerprint density at radius 2 is 1.20 bits per heavy atom. The first-order chi connectivity index (χ1) is 26.8. The van der Waals surface area contributed by atoms with Crippen molar-refractivity contribution in [3.8, 4) is 23.0 Å². The Morgan fingerprint density at radius 3 is 1.61 bits per heavy atom. The molecule has 0 amide bonds. The number of carbonyl (C=O) groups is 2. The van der Waals surface area contributed by atoms with Crippen LogP contribution in [0, 0.1) is 5.92 Å². The zero-order valence-electron chi connectivity index (χ0n) is 36.3. The SMILES string of the molecule is C=C(C)CCCC(=O)O[C@@H](C)/C=C/c1c(OC)cc(CCCCC)cc1OC.C=C(C)CC[C@@H](C(=O)O)[C@@H](/C=C/C)c1c(OC)cc(CCCCC)cc1OC. The van der Waals surface area contributed by atoms with Crippen molar-refractivity contribution in [3.05, 3.63) is 89.1 Å². The van der Waals surface area contributed by atoms with Crippen molar-refractivity contribution in [3.63, 3.8) is 0 Å². The molecule has 2 rings (SSSR count). The van der Waals surface area contributed by atoms with Gasteiger partial charge in [0.1, 0.15) is 29.1 Å². The van der Waals surface area contributed by atoms with Gasteiger partial charge in [0, 0.05) is 17.9 Å². The molecule has 8 heteroatoms. The van der Waals surface area contributed by atoms with Crippen LogP contribution >= 0.6 is 0 Å². The molecule has 2 aromatic carbocycles. The number of allylic oxidation sites excluding steroid dienone is 4. The van der Waals surface area contributed by atoms with E-state index in [0.29, 0.717) is 30.8 Å². The molecule has 0 saturated heterocycles. The number of methoxy groups -OCH3 is 4.